The van der Waals surface area contributed by atoms with E-state index < -0.39 is 11.9 Å². The van der Waals surface area contributed by atoms with E-state index in [1.165, 1.54) is 0 Å². The Morgan fingerprint density at radius 2 is 1.54 bits per heavy atom. The van der Waals surface area contributed by atoms with Crippen LogP contribution in [0.2, 0.25) is 0 Å². The normalized spacial score (nSPS) is 11.7. The van der Waals surface area contributed by atoms with Crippen LogP contribution in [0.1, 0.15) is 28.2 Å². The third-order valence-electron chi connectivity index (χ3n) is 4.39. The molecule has 0 heterocycles. The zero-order valence-corrected chi connectivity index (χ0v) is 14.8. The molecule has 0 aliphatic rings. The van der Waals surface area contributed by atoms with E-state index >= 15 is 0 Å². The van der Waals surface area contributed by atoms with Gasteiger partial charge in [-0.1, -0.05) is 72.3 Å². The molecule has 0 saturated heterocycles. The van der Waals surface area contributed by atoms with Gasteiger partial charge < -0.3 is 9.84 Å². The van der Waals surface area contributed by atoms with Gasteiger partial charge in [0.05, 0.1) is 5.92 Å². The Balaban J connectivity index is 1.65. The third kappa shape index (κ3) is 4.73. The fourth-order valence-electron chi connectivity index (χ4n) is 2.84. The summed E-state index contributed by atoms with van der Waals surface area (Å²) in [5.74, 6) is -0.579. The van der Waals surface area contributed by atoms with Crippen LogP contribution in [0.25, 0.3) is 0 Å². The van der Waals surface area contributed by atoms with E-state index in [2.05, 4.69) is 0 Å². The molecule has 0 radical (unpaired) electrons. The summed E-state index contributed by atoms with van der Waals surface area (Å²) < 4.78 is 5.78. The lowest BCUT2D eigenvalue weighted by atomic mass is 9.91. The van der Waals surface area contributed by atoms with Gasteiger partial charge >= 0.3 is 5.97 Å². The fourth-order valence-corrected chi connectivity index (χ4v) is 2.84. The number of ether oxygens (including phenoxy) is 1. The second kappa shape index (κ2) is 8.34. The predicted octanol–water partition coefficient (Wildman–Crippen LogP) is 4.98. The van der Waals surface area contributed by atoms with Crippen LogP contribution in [0.15, 0.2) is 78.9 Å². The van der Waals surface area contributed by atoms with E-state index in [0.29, 0.717) is 13.0 Å². The lowest BCUT2D eigenvalue weighted by molar-refractivity contribution is -0.138. The van der Waals surface area contributed by atoms with E-state index in [0.717, 1.165) is 28.0 Å². The van der Waals surface area contributed by atoms with Crippen molar-refractivity contribution in [3.63, 3.8) is 0 Å². The van der Waals surface area contributed by atoms with Crippen LogP contribution in [-0.2, 0) is 17.8 Å². The van der Waals surface area contributed by atoms with Gasteiger partial charge in [0.15, 0.2) is 0 Å². The molecule has 3 aromatic rings. The van der Waals surface area contributed by atoms with Crippen molar-refractivity contribution in [3.8, 4) is 5.75 Å². The number of carboxylic acid groups (broad SMARTS) is 1. The van der Waals surface area contributed by atoms with Gasteiger partial charge in [0, 0.05) is 0 Å². The molecule has 3 heteroatoms. The molecule has 0 bridgehead atoms. The first-order chi connectivity index (χ1) is 12.6. The highest BCUT2D eigenvalue weighted by Crippen LogP contribution is 2.23. The van der Waals surface area contributed by atoms with E-state index in [9.17, 15) is 9.90 Å². The molecule has 1 unspecified atom stereocenters. The summed E-state index contributed by atoms with van der Waals surface area (Å²) in [7, 11) is 0. The maximum absolute atomic E-state index is 11.7. The minimum Gasteiger partial charge on any atom is -0.489 e. The molecular weight excluding hydrogens is 324 g/mol. The topological polar surface area (TPSA) is 46.5 Å². The van der Waals surface area contributed by atoms with Crippen LogP contribution < -0.4 is 4.74 Å². The quantitative estimate of drug-likeness (QED) is 0.656. The highest BCUT2D eigenvalue weighted by Gasteiger charge is 2.20. The first-order valence-electron chi connectivity index (χ1n) is 8.67. The molecule has 0 aliphatic carbocycles. The van der Waals surface area contributed by atoms with Crippen molar-refractivity contribution in [2.24, 2.45) is 0 Å². The molecule has 0 aromatic heterocycles. The molecular formula is C23H22O3. The van der Waals surface area contributed by atoms with E-state index in [-0.39, 0.29) is 0 Å². The monoisotopic (exact) mass is 346 g/mol. The number of hydrogen-bond acceptors (Lipinski definition) is 2. The van der Waals surface area contributed by atoms with Gasteiger partial charge in [-0.15, -0.1) is 0 Å². The van der Waals surface area contributed by atoms with Crippen molar-refractivity contribution in [2.45, 2.75) is 25.9 Å². The Kier molecular flexibility index (Phi) is 5.69. The van der Waals surface area contributed by atoms with E-state index in [1.54, 1.807) is 0 Å². The molecule has 0 spiro atoms. The molecule has 26 heavy (non-hydrogen) atoms. The van der Waals surface area contributed by atoms with Gasteiger partial charge in [0.2, 0.25) is 0 Å². The first kappa shape index (κ1) is 17.7. The van der Waals surface area contributed by atoms with Gasteiger partial charge in [-0.3, -0.25) is 4.79 Å². The average molecular weight is 346 g/mol. The van der Waals surface area contributed by atoms with Crippen LogP contribution in [0.3, 0.4) is 0 Å². The molecule has 0 fully saturated rings. The number of rotatable bonds is 7. The van der Waals surface area contributed by atoms with Crippen LogP contribution in [0.5, 0.6) is 5.75 Å². The standard InChI is InChI=1S/C23H22O3/c1-17-7-11-20(12-8-17)22(23(24)25)15-18-9-13-21(14-10-18)26-16-19-5-3-2-4-6-19/h2-14,22H,15-16H2,1H3,(H,24,25). The van der Waals surface area contributed by atoms with Crippen molar-refractivity contribution in [1.82, 2.24) is 0 Å². The molecule has 0 aliphatic heterocycles. The number of aliphatic carboxylic acids is 1. The lowest BCUT2D eigenvalue weighted by Crippen LogP contribution is -2.14. The minimum atomic E-state index is -0.807. The Labute approximate surface area is 153 Å². The molecule has 3 aromatic carbocycles. The Morgan fingerprint density at radius 3 is 2.15 bits per heavy atom. The molecule has 1 atom stereocenters. The molecule has 0 amide bonds. The predicted molar refractivity (Wildman–Crippen MR) is 102 cm³/mol. The van der Waals surface area contributed by atoms with Crippen LogP contribution >= 0.6 is 0 Å². The summed E-state index contributed by atoms with van der Waals surface area (Å²) in [6, 6.07) is 25.3. The van der Waals surface area contributed by atoms with Gasteiger partial charge in [-0.05, 0) is 42.2 Å². The fraction of sp³-hybridized carbons (Fsp3) is 0.174. The number of carboxylic acids is 1. The largest absolute Gasteiger partial charge is 0.489 e. The highest BCUT2D eigenvalue weighted by atomic mass is 16.5. The average Bonchev–Trinajstić information content (AvgIpc) is 2.67. The van der Waals surface area contributed by atoms with Crippen molar-refractivity contribution < 1.29 is 14.6 Å². The van der Waals surface area contributed by atoms with Gasteiger partial charge in [-0.2, -0.15) is 0 Å². The van der Waals surface area contributed by atoms with Gasteiger partial charge in [0.25, 0.3) is 0 Å². The molecule has 3 nitrogen and oxygen atoms in total. The van der Waals surface area contributed by atoms with Crippen LogP contribution in [-0.4, -0.2) is 11.1 Å². The smallest absolute Gasteiger partial charge is 0.311 e. The molecule has 3 rings (SSSR count). The summed E-state index contributed by atoms with van der Waals surface area (Å²) in [5, 5.41) is 9.60. The first-order valence-corrected chi connectivity index (χ1v) is 8.67. The Hall–Kier alpha value is -3.07. The van der Waals surface area contributed by atoms with Gasteiger partial charge in [0.1, 0.15) is 12.4 Å². The van der Waals surface area contributed by atoms with Crippen molar-refractivity contribution in [3.05, 3.63) is 101 Å². The van der Waals surface area contributed by atoms with Crippen molar-refractivity contribution in [2.75, 3.05) is 0 Å². The maximum Gasteiger partial charge on any atom is 0.311 e. The maximum atomic E-state index is 11.7. The lowest BCUT2D eigenvalue weighted by Gasteiger charge is -2.14. The highest BCUT2D eigenvalue weighted by molar-refractivity contribution is 5.76. The van der Waals surface area contributed by atoms with E-state index in [1.807, 2.05) is 85.8 Å². The minimum absolute atomic E-state index is 0.456. The second-order valence-corrected chi connectivity index (χ2v) is 6.42. The second-order valence-electron chi connectivity index (χ2n) is 6.42. The van der Waals surface area contributed by atoms with Crippen molar-refractivity contribution >= 4 is 5.97 Å². The van der Waals surface area contributed by atoms with E-state index in [4.69, 9.17) is 4.74 Å². The summed E-state index contributed by atoms with van der Waals surface area (Å²) in [6.45, 7) is 2.51. The Morgan fingerprint density at radius 1 is 0.885 bits per heavy atom. The Bertz CT molecular complexity index is 837. The number of benzene rings is 3. The molecule has 132 valence electrons. The zero-order valence-electron chi connectivity index (χ0n) is 14.8. The molecule has 0 saturated carbocycles. The summed E-state index contributed by atoms with van der Waals surface area (Å²) in [4.78, 5) is 11.7. The van der Waals surface area contributed by atoms with Crippen LogP contribution in [0, 0.1) is 6.92 Å². The van der Waals surface area contributed by atoms with Gasteiger partial charge in [-0.25, -0.2) is 0 Å². The summed E-state index contributed by atoms with van der Waals surface area (Å²) in [5.41, 5.74) is 4.04. The third-order valence-corrected chi connectivity index (χ3v) is 4.39. The molecule has 1 N–H and O–H groups in total. The zero-order chi connectivity index (χ0) is 18.4. The summed E-state index contributed by atoms with van der Waals surface area (Å²) in [6.07, 6.45) is 0.456. The number of aryl methyl sites for hydroxylation is 1. The van der Waals surface area contributed by atoms with Crippen LogP contribution in [0.4, 0.5) is 0 Å². The van der Waals surface area contributed by atoms with Crippen molar-refractivity contribution in [1.29, 1.82) is 0 Å². The number of hydrogen-bond donors (Lipinski definition) is 1. The number of carbonyl (C=O) groups is 1. The SMILES string of the molecule is Cc1ccc(C(Cc2ccc(OCc3ccccc3)cc2)C(=O)O)cc1. The summed E-state index contributed by atoms with van der Waals surface area (Å²) >= 11 is 0.